The molecule has 0 bridgehead atoms. The van der Waals surface area contributed by atoms with Crippen LogP contribution in [0.3, 0.4) is 0 Å². The largest absolute Gasteiger partial charge is 0.331 e. The summed E-state index contributed by atoms with van der Waals surface area (Å²) in [7, 11) is 0. The van der Waals surface area contributed by atoms with E-state index in [1.54, 1.807) is 0 Å². The van der Waals surface area contributed by atoms with Gasteiger partial charge in [-0.1, -0.05) is 19.8 Å². The van der Waals surface area contributed by atoms with Crippen molar-refractivity contribution in [2.45, 2.75) is 57.4 Å². The maximum Gasteiger partial charge on any atom is 0.0950 e. The molecule has 2 aliphatic rings. The zero-order valence-corrected chi connectivity index (χ0v) is 11.4. The lowest BCUT2D eigenvalue weighted by Crippen LogP contribution is -2.28. The minimum Gasteiger partial charge on any atom is -0.331 e. The third-order valence-electron chi connectivity index (χ3n) is 4.62. The number of nitrogens with one attached hydrogen (secondary N) is 1. The molecule has 1 saturated carbocycles. The Morgan fingerprint density at radius 1 is 1.33 bits per heavy atom. The van der Waals surface area contributed by atoms with E-state index in [1.165, 1.54) is 44.2 Å². The molecule has 18 heavy (non-hydrogen) atoms. The SMILES string of the molecule is CCC(CC1CC1)n1cncc1C1CCNCC1. The molecule has 1 aromatic rings. The van der Waals surface area contributed by atoms with Gasteiger partial charge in [0.1, 0.15) is 0 Å². The number of imidazole rings is 1. The molecule has 3 rings (SSSR count). The molecule has 0 radical (unpaired) electrons. The van der Waals surface area contributed by atoms with Gasteiger partial charge in [0.05, 0.1) is 6.33 Å². The highest BCUT2D eigenvalue weighted by molar-refractivity contribution is 5.09. The van der Waals surface area contributed by atoms with Gasteiger partial charge in [0.15, 0.2) is 0 Å². The molecular formula is C15H25N3. The first kappa shape index (κ1) is 12.2. The van der Waals surface area contributed by atoms with Crippen LogP contribution >= 0.6 is 0 Å². The van der Waals surface area contributed by atoms with Crippen LogP contribution in [0.2, 0.25) is 0 Å². The van der Waals surface area contributed by atoms with Crippen molar-refractivity contribution in [2.24, 2.45) is 5.92 Å². The second-order valence-electron chi connectivity index (χ2n) is 5.99. The second kappa shape index (κ2) is 5.43. The summed E-state index contributed by atoms with van der Waals surface area (Å²) in [4.78, 5) is 4.44. The smallest absolute Gasteiger partial charge is 0.0950 e. The lowest BCUT2D eigenvalue weighted by atomic mass is 9.94. The van der Waals surface area contributed by atoms with Gasteiger partial charge < -0.3 is 9.88 Å². The van der Waals surface area contributed by atoms with Crippen LogP contribution < -0.4 is 5.32 Å². The summed E-state index contributed by atoms with van der Waals surface area (Å²) in [5.41, 5.74) is 1.49. The highest BCUT2D eigenvalue weighted by Crippen LogP contribution is 2.39. The van der Waals surface area contributed by atoms with Crippen molar-refractivity contribution in [3.05, 3.63) is 18.2 Å². The van der Waals surface area contributed by atoms with E-state index < -0.39 is 0 Å². The van der Waals surface area contributed by atoms with Crippen LogP contribution in [0.4, 0.5) is 0 Å². The molecule has 1 aliphatic heterocycles. The fraction of sp³-hybridized carbons (Fsp3) is 0.800. The second-order valence-corrected chi connectivity index (χ2v) is 5.99. The average Bonchev–Trinajstić information content (AvgIpc) is 3.11. The summed E-state index contributed by atoms with van der Waals surface area (Å²) in [5, 5.41) is 3.45. The van der Waals surface area contributed by atoms with Crippen molar-refractivity contribution in [3.63, 3.8) is 0 Å². The van der Waals surface area contributed by atoms with E-state index >= 15 is 0 Å². The van der Waals surface area contributed by atoms with E-state index in [0.717, 1.165) is 24.9 Å². The van der Waals surface area contributed by atoms with Gasteiger partial charge >= 0.3 is 0 Å². The minimum absolute atomic E-state index is 0.685. The summed E-state index contributed by atoms with van der Waals surface area (Å²) < 4.78 is 2.49. The lowest BCUT2D eigenvalue weighted by Gasteiger charge is -2.27. The van der Waals surface area contributed by atoms with Gasteiger partial charge in [-0.2, -0.15) is 0 Å². The predicted octanol–water partition coefficient (Wildman–Crippen LogP) is 3.10. The van der Waals surface area contributed by atoms with Gasteiger partial charge in [0, 0.05) is 23.9 Å². The third kappa shape index (κ3) is 2.61. The Hall–Kier alpha value is -0.830. The topological polar surface area (TPSA) is 29.9 Å². The number of hydrogen-bond donors (Lipinski definition) is 1. The molecule has 1 atom stereocenters. The molecule has 100 valence electrons. The first-order valence-corrected chi connectivity index (χ1v) is 7.61. The van der Waals surface area contributed by atoms with E-state index in [9.17, 15) is 0 Å². The molecule has 2 fully saturated rings. The Morgan fingerprint density at radius 3 is 2.78 bits per heavy atom. The standard InChI is InChI=1S/C15H25N3/c1-2-14(9-12-3-4-12)18-11-17-10-15(18)13-5-7-16-8-6-13/h10-14,16H,2-9H2,1H3. The van der Waals surface area contributed by atoms with Crippen molar-refractivity contribution in [1.29, 1.82) is 0 Å². The number of hydrogen-bond acceptors (Lipinski definition) is 2. The monoisotopic (exact) mass is 247 g/mol. The Kier molecular flexibility index (Phi) is 3.69. The summed E-state index contributed by atoms with van der Waals surface area (Å²) >= 11 is 0. The van der Waals surface area contributed by atoms with E-state index in [0.29, 0.717) is 6.04 Å². The first-order chi connectivity index (χ1) is 8.88. The normalized spacial score (nSPS) is 23.2. The van der Waals surface area contributed by atoms with Gasteiger partial charge in [-0.05, 0) is 44.7 Å². The number of aromatic nitrogens is 2. The Morgan fingerprint density at radius 2 is 2.11 bits per heavy atom. The zero-order valence-electron chi connectivity index (χ0n) is 11.4. The van der Waals surface area contributed by atoms with Crippen LogP contribution in [0.1, 0.15) is 63.1 Å². The molecule has 2 heterocycles. The van der Waals surface area contributed by atoms with E-state index in [2.05, 4.69) is 34.3 Å². The quantitative estimate of drug-likeness (QED) is 0.866. The van der Waals surface area contributed by atoms with Gasteiger partial charge in [-0.15, -0.1) is 0 Å². The minimum atomic E-state index is 0.685. The maximum absolute atomic E-state index is 4.44. The highest BCUT2D eigenvalue weighted by Gasteiger charge is 2.27. The molecule has 0 spiro atoms. The summed E-state index contributed by atoms with van der Waals surface area (Å²) in [6.07, 6.45) is 12.2. The van der Waals surface area contributed by atoms with Crippen LogP contribution in [0, 0.1) is 5.92 Å². The maximum atomic E-state index is 4.44. The molecule has 0 amide bonds. The molecule has 1 aromatic heterocycles. The fourth-order valence-electron chi connectivity index (χ4n) is 3.27. The van der Waals surface area contributed by atoms with Crippen molar-refractivity contribution >= 4 is 0 Å². The van der Waals surface area contributed by atoms with Gasteiger partial charge in [0.2, 0.25) is 0 Å². The average molecular weight is 247 g/mol. The van der Waals surface area contributed by atoms with Crippen molar-refractivity contribution in [2.75, 3.05) is 13.1 Å². The van der Waals surface area contributed by atoms with Crippen molar-refractivity contribution in [1.82, 2.24) is 14.9 Å². The van der Waals surface area contributed by atoms with E-state index in [1.807, 2.05) is 0 Å². The number of nitrogens with zero attached hydrogens (tertiary/aromatic N) is 2. The van der Waals surface area contributed by atoms with Crippen LogP contribution in [-0.4, -0.2) is 22.6 Å². The Balaban J connectivity index is 1.75. The summed E-state index contributed by atoms with van der Waals surface area (Å²) in [6.45, 7) is 4.64. The number of piperidine rings is 1. The van der Waals surface area contributed by atoms with Crippen molar-refractivity contribution < 1.29 is 0 Å². The van der Waals surface area contributed by atoms with E-state index in [-0.39, 0.29) is 0 Å². The lowest BCUT2D eigenvalue weighted by molar-refractivity contribution is 0.383. The molecule has 1 saturated heterocycles. The third-order valence-corrected chi connectivity index (χ3v) is 4.62. The van der Waals surface area contributed by atoms with Gasteiger partial charge in [0.25, 0.3) is 0 Å². The molecule has 0 aromatic carbocycles. The molecule has 3 nitrogen and oxygen atoms in total. The van der Waals surface area contributed by atoms with Gasteiger partial charge in [-0.25, -0.2) is 4.98 Å². The fourth-order valence-corrected chi connectivity index (χ4v) is 3.27. The van der Waals surface area contributed by atoms with Gasteiger partial charge in [-0.3, -0.25) is 0 Å². The predicted molar refractivity (Wildman–Crippen MR) is 73.7 cm³/mol. The van der Waals surface area contributed by atoms with Crippen molar-refractivity contribution in [3.8, 4) is 0 Å². The molecular weight excluding hydrogens is 222 g/mol. The van der Waals surface area contributed by atoms with Crippen LogP contribution in [0.15, 0.2) is 12.5 Å². The zero-order chi connectivity index (χ0) is 12.4. The molecule has 1 aliphatic carbocycles. The van der Waals surface area contributed by atoms with Crippen LogP contribution in [-0.2, 0) is 0 Å². The summed E-state index contributed by atoms with van der Waals surface area (Å²) in [6, 6.07) is 0.685. The molecule has 1 N–H and O–H groups in total. The molecule has 3 heteroatoms. The van der Waals surface area contributed by atoms with Crippen LogP contribution in [0.25, 0.3) is 0 Å². The first-order valence-electron chi connectivity index (χ1n) is 7.61. The Bertz CT molecular complexity index is 375. The van der Waals surface area contributed by atoms with E-state index in [4.69, 9.17) is 0 Å². The highest BCUT2D eigenvalue weighted by atomic mass is 15.1. The molecule has 1 unspecified atom stereocenters. The summed E-state index contributed by atoms with van der Waals surface area (Å²) in [5.74, 6) is 1.72. The number of rotatable bonds is 5. The van der Waals surface area contributed by atoms with Crippen LogP contribution in [0.5, 0.6) is 0 Å². The Labute approximate surface area is 110 Å².